The summed E-state index contributed by atoms with van der Waals surface area (Å²) in [5, 5.41) is 12.8. The van der Waals surface area contributed by atoms with Crippen LogP contribution in [0.3, 0.4) is 0 Å². The van der Waals surface area contributed by atoms with Crippen molar-refractivity contribution in [3.63, 3.8) is 0 Å². The lowest BCUT2D eigenvalue weighted by Crippen LogP contribution is -1.94. The molecule has 0 saturated heterocycles. The summed E-state index contributed by atoms with van der Waals surface area (Å²) in [6.07, 6.45) is 0. The zero-order valence-electron chi connectivity index (χ0n) is 28.9. The minimum atomic E-state index is 1.22. The van der Waals surface area contributed by atoms with Gasteiger partial charge in [-0.1, -0.05) is 170 Å². The molecule has 10 aromatic carbocycles. The van der Waals surface area contributed by atoms with Crippen LogP contribution in [-0.4, -0.2) is 0 Å². The highest BCUT2D eigenvalue weighted by atomic mass is 32.1. The Morgan fingerprint density at radius 3 is 1.68 bits per heavy atom. The van der Waals surface area contributed by atoms with Gasteiger partial charge in [0.05, 0.1) is 0 Å². The van der Waals surface area contributed by atoms with Crippen LogP contribution in [0.25, 0.3) is 108 Å². The Bertz CT molecular complexity index is 3210. The normalized spacial score (nSPS) is 11.8. The average Bonchev–Trinajstić information content (AvgIpc) is 3.60. The number of rotatable bonds is 4. The molecule has 0 nitrogen and oxygen atoms in total. The van der Waals surface area contributed by atoms with Crippen molar-refractivity contribution < 1.29 is 0 Å². The number of hydrogen-bond acceptors (Lipinski definition) is 1. The van der Waals surface area contributed by atoms with Crippen molar-refractivity contribution in [3.8, 4) is 44.5 Å². The zero-order valence-corrected chi connectivity index (χ0v) is 29.7. The highest BCUT2D eigenvalue weighted by Gasteiger charge is 2.21. The smallest absolute Gasteiger partial charge is 0.0355 e. The summed E-state index contributed by atoms with van der Waals surface area (Å²) in [4.78, 5) is 0. The van der Waals surface area contributed by atoms with Gasteiger partial charge in [0.1, 0.15) is 0 Å². The molecule has 0 radical (unpaired) electrons. The van der Waals surface area contributed by atoms with Crippen molar-refractivity contribution in [1.29, 1.82) is 0 Å². The summed E-state index contributed by atoms with van der Waals surface area (Å²) in [5.74, 6) is 0. The Morgan fingerprint density at radius 1 is 0.264 bits per heavy atom. The van der Waals surface area contributed by atoms with E-state index < -0.39 is 0 Å². The Balaban J connectivity index is 1.22. The van der Waals surface area contributed by atoms with E-state index in [1.807, 2.05) is 11.3 Å². The van der Waals surface area contributed by atoms with Crippen molar-refractivity contribution in [2.75, 3.05) is 0 Å². The molecule has 0 spiro atoms. The van der Waals surface area contributed by atoms with Crippen LogP contribution in [0.15, 0.2) is 194 Å². The van der Waals surface area contributed by atoms with Gasteiger partial charge in [-0.25, -0.2) is 0 Å². The molecule has 0 aliphatic rings. The molecule has 0 amide bonds. The van der Waals surface area contributed by atoms with E-state index in [2.05, 4.69) is 194 Å². The predicted octanol–water partition coefficient (Wildman–Crippen LogP) is 15.3. The third kappa shape index (κ3) is 4.82. The van der Waals surface area contributed by atoms with Crippen LogP contribution in [0.1, 0.15) is 0 Å². The first-order valence-corrected chi connectivity index (χ1v) is 19.1. The summed E-state index contributed by atoms with van der Waals surface area (Å²) in [6, 6.07) is 71.9. The minimum Gasteiger partial charge on any atom is -0.135 e. The maximum Gasteiger partial charge on any atom is 0.0355 e. The standard InChI is InChI=1S/C52H32S/c1-2-13-37-31-38(28-25-33(37)11-1)34-23-26-36(27-24-34)50-44-17-5-6-18-45(44)51(43-20-9-14-35-12-3-4-15-40(35)43)46-21-10-19-41(52(46)50)39-29-30-49-47(32-39)42-16-7-8-22-48(42)53-49/h1-32H. The highest BCUT2D eigenvalue weighted by Crippen LogP contribution is 2.49. The molecular weight excluding hydrogens is 657 g/mol. The lowest BCUT2D eigenvalue weighted by atomic mass is 9.82. The Morgan fingerprint density at radius 2 is 0.830 bits per heavy atom. The van der Waals surface area contributed by atoms with Gasteiger partial charge in [-0.05, 0) is 112 Å². The minimum absolute atomic E-state index is 1.22. The molecule has 1 aromatic heterocycles. The quantitative estimate of drug-likeness (QED) is 0.162. The third-order valence-corrected chi connectivity index (χ3v) is 12.2. The molecule has 0 saturated carbocycles. The lowest BCUT2D eigenvalue weighted by molar-refractivity contribution is 1.62. The molecular formula is C52H32S. The molecule has 0 aliphatic heterocycles. The topological polar surface area (TPSA) is 0 Å². The van der Waals surface area contributed by atoms with Crippen LogP contribution in [0, 0.1) is 0 Å². The molecule has 1 heterocycles. The summed E-state index contributed by atoms with van der Waals surface area (Å²) in [6.45, 7) is 0. The predicted molar refractivity (Wildman–Crippen MR) is 231 cm³/mol. The SMILES string of the molecule is c1ccc2cc(-c3ccc(-c4c5ccccc5c(-c5cccc6ccccc56)c5cccc(-c6ccc7sc8ccccc8c7c6)c45)cc3)ccc2c1. The van der Waals surface area contributed by atoms with Gasteiger partial charge in [-0.15, -0.1) is 11.3 Å². The van der Waals surface area contributed by atoms with Crippen molar-refractivity contribution in [3.05, 3.63) is 194 Å². The van der Waals surface area contributed by atoms with Gasteiger partial charge in [0.15, 0.2) is 0 Å². The van der Waals surface area contributed by atoms with Crippen LogP contribution in [0.2, 0.25) is 0 Å². The molecule has 0 N–H and O–H groups in total. The molecule has 11 aromatic rings. The summed E-state index contributed by atoms with van der Waals surface area (Å²) < 4.78 is 2.65. The number of benzene rings is 10. The van der Waals surface area contributed by atoms with E-state index in [4.69, 9.17) is 0 Å². The van der Waals surface area contributed by atoms with E-state index in [1.54, 1.807) is 0 Å². The number of fused-ring (bicyclic) bond motifs is 7. The molecule has 53 heavy (non-hydrogen) atoms. The van der Waals surface area contributed by atoms with Crippen LogP contribution in [-0.2, 0) is 0 Å². The molecule has 246 valence electrons. The highest BCUT2D eigenvalue weighted by molar-refractivity contribution is 7.25. The van der Waals surface area contributed by atoms with Crippen LogP contribution < -0.4 is 0 Å². The van der Waals surface area contributed by atoms with Crippen molar-refractivity contribution >= 4 is 74.6 Å². The number of hydrogen-bond donors (Lipinski definition) is 0. The van der Waals surface area contributed by atoms with E-state index in [0.717, 1.165) is 0 Å². The fraction of sp³-hybridized carbons (Fsp3) is 0. The first kappa shape index (κ1) is 30.1. The largest absolute Gasteiger partial charge is 0.135 e. The van der Waals surface area contributed by atoms with E-state index in [-0.39, 0.29) is 0 Å². The second-order valence-corrected chi connectivity index (χ2v) is 15.1. The fourth-order valence-electron chi connectivity index (χ4n) is 8.59. The molecule has 1 heteroatoms. The van der Waals surface area contributed by atoms with Crippen molar-refractivity contribution in [2.24, 2.45) is 0 Å². The Hall–Kier alpha value is -6.54. The van der Waals surface area contributed by atoms with Crippen molar-refractivity contribution in [2.45, 2.75) is 0 Å². The molecule has 0 fully saturated rings. The van der Waals surface area contributed by atoms with E-state index in [1.165, 1.54) is 108 Å². The maximum absolute atomic E-state index is 2.42. The Labute approximate surface area is 311 Å². The maximum atomic E-state index is 2.42. The third-order valence-electron chi connectivity index (χ3n) is 11.1. The summed E-state index contributed by atoms with van der Waals surface area (Å²) in [7, 11) is 0. The molecule has 11 rings (SSSR count). The van der Waals surface area contributed by atoms with Gasteiger partial charge < -0.3 is 0 Å². The molecule has 0 bridgehead atoms. The molecule has 0 atom stereocenters. The molecule has 0 aliphatic carbocycles. The van der Waals surface area contributed by atoms with Gasteiger partial charge >= 0.3 is 0 Å². The van der Waals surface area contributed by atoms with Gasteiger partial charge in [0.25, 0.3) is 0 Å². The Kier molecular flexibility index (Phi) is 6.83. The number of thiophene rings is 1. The van der Waals surface area contributed by atoms with Crippen molar-refractivity contribution in [1.82, 2.24) is 0 Å². The first-order chi connectivity index (χ1) is 26.3. The zero-order chi connectivity index (χ0) is 34.9. The molecule has 0 unspecified atom stereocenters. The van der Waals surface area contributed by atoms with E-state index in [9.17, 15) is 0 Å². The van der Waals surface area contributed by atoms with Crippen LogP contribution in [0.5, 0.6) is 0 Å². The summed E-state index contributed by atoms with van der Waals surface area (Å²) >= 11 is 1.87. The van der Waals surface area contributed by atoms with Crippen LogP contribution in [0.4, 0.5) is 0 Å². The van der Waals surface area contributed by atoms with E-state index in [0.29, 0.717) is 0 Å². The van der Waals surface area contributed by atoms with E-state index >= 15 is 0 Å². The lowest BCUT2D eigenvalue weighted by Gasteiger charge is -2.21. The first-order valence-electron chi connectivity index (χ1n) is 18.3. The second kappa shape index (κ2) is 12.0. The fourth-order valence-corrected chi connectivity index (χ4v) is 9.68. The second-order valence-electron chi connectivity index (χ2n) is 14.0. The van der Waals surface area contributed by atoms with Gasteiger partial charge in [-0.3, -0.25) is 0 Å². The average molecular weight is 689 g/mol. The van der Waals surface area contributed by atoms with Gasteiger partial charge in [-0.2, -0.15) is 0 Å². The van der Waals surface area contributed by atoms with Gasteiger partial charge in [0.2, 0.25) is 0 Å². The van der Waals surface area contributed by atoms with Crippen LogP contribution >= 0.6 is 11.3 Å². The summed E-state index contributed by atoms with van der Waals surface area (Å²) in [5.41, 5.74) is 9.97. The van der Waals surface area contributed by atoms with Gasteiger partial charge in [0, 0.05) is 20.2 Å². The monoisotopic (exact) mass is 688 g/mol.